The molecule has 0 aliphatic heterocycles. The minimum absolute atomic E-state index is 1.08. The summed E-state index contributed by atoms with van der Waals surface area (Å²) in [5.41, 5.74) is 3.70. The Kier molecular flexibility index (Phi) is 5.35. The van der Waals surface area contributed by atoms with Crippen LogP contribution in [0, 0.1) is 0 Å². The lowest BCUT2D eigenvalue weighted by Gasteiger charge is -1.98. The van der Waals surface area contributed by atoms with Crippen LogP contribution in [0.4, 0.5) is 0 Å². The highest BCUT2D eigenvalue weighted by Crippen LogP contribution is 2.07. The molecule has 68 valence electrons. The number of nitrogens with zero attached hydrogens (tertiary/aromatic N) is 1. The van der Waals surface area contributed by atoms with Gasteiger partial charge in [0.05, 0.1) is 0 Å². The molecule has 12 heavy (non-hydrogen) atoms. The molecule has 1 heteroatoms. The molecule has 0 aromatic heterocycles. The molecule has 0 unspecified atom stereocenters. The Hall–Kier alpha value is -0.850. The topological polar surface area (TPSA) is 12.4 Å². The summed E-state index contributed by atoms with van der Waals surface area (Å²) in [5, 5.41) is 0. The number of rotatable bonds is 3. The average Bonchev–Trinajstić information content (AvgIpc) is 2.11. The van der Waals surface area contributed by atoms with E-state index >= 15 is 0 Å². The minimum atomic E-state index is 1.08. The zero-order chi connectivity index (χ0) is 9.56. The molecule has 0 saturated heterocycles. The second-order valence-corrected chi connectivity index (χ2v) is 3.01. The number of aliphatic imine (C=N–C) groups is 1. The van der Waals surface area contributed by atoms with Crippen LogP contribution in [0.25, 0.3) is 0 Å². The molecular formula is C11H19N. The molecule has 0 aromatic carbocycles. The molecule has 0 saturated carbocycles. The first kappa shape index (κ1) is 11.2. The highest BCUT2D eigenvalue weighted by atomic mass is 14.7. The van der Waals surface area contributed by atoms with Crippen molar-refractivity contribution in [3.63, 3.8) is 0 Å². The van der Waals surface area contributed by atoms with Gasteiger partial charge >= 0.3 is 0 Å². The van der Waals surface area contributed by atoms with Crippen molar-refractivity contribution < 1.29 is 0 Å². The summed E-state index contributed by atoms with van der Waals surface area (Å²) >= 11 is 0. The van der Waals surface area contributed by atoms with Crippen LogP contribution in [-0.4, -0.2) is 6.21 Å². The van der Waals surface area contributed by atoms with Gasteiger partial charge in [0, 0.05) is 11.9 Å². The number of allylic oxidation sites excluding steroid dienone is 4. The van der Waals surface area contributed by atoms with Gasteiger partial charge in [0.15, 0.2) is 0 Å². The van der Waals surface area contributed by atoms with Crippen molar-refractivity contribution in [3.05, 3.63) is 22.9 Å². The van der Waals surface area contributed by atoms with Crippen molar-refractivity contribution >= 4 is 6.21 Å². The van der Waals surface area contributed by atoms with E-state index in [1.54, 1.807) is 0 Å². The summed E-state index contributed by atoms with van der Waals surface area (Å²) in [6, 6.07) is 0. The molecule has 0 aliphatic carbocycles. The van der Waals surface area contributed by atoms with E-state index in [4.69, 9.17) is 0 Å². The molecule has 0 spiro atoms. The van der Waals surface area contributed by atoms with Crippen LogP contribution in [0.3, 0.4) is 0 Å². The maximum Gasteiger partial charge on any atom is 0.0361 e. The van der Waals surface area contributed by atoms with E-state index in [1.807, 2.05) is 13.1 Å². The van der Waals surface area contributed by atoms with Gasteiger partial charge in [0.1, 0.15) is 0 Å². The molecule has 1 nitrogen and oxygen atoms in total. The molecular weight excluding hydrogens is 146 g/mol. The van der Waals surface area contributed by atoms with Crippen LogP contribution in [0.5, 0.6) is 0 Å². The van der Waals surface area contributed by atoms with Crippen LogP contribution in [0.2, 0.25) is 0 Å². The molecule has 0 aliphatic rings. The largest absolute Gasteiger partial charge is 0.261 e. The van der Waals surface area contributed by atoms with E-state index in [1.165, 1.54) is 11.1 Å². The first-order valence-corrected chi connectivity index (χ1v) is 4.45. The van der Waals surface area contributed by atoms with Crippen molar-refractivity contribution in [2.45, 2.75) is 41.0 Å². The number of hydrogen-bond donors (Lipinski definition) is 0. The molecule has 0 amide bonds. The lowest BCUT2D eigenvalue weighted by Crippen LogP contribution is -1.82. The van der Waals surface area contributed by atoms with Crippen molar-refractivity contribution in [3.8, 4) is 0 Å². The average molecular weight is 165 g/mol. The first-order valence-electron chi connectivity index (χ1n) is 4.45. The number of hydrogen-bond acceptors (Lipinski definition) is 1. The van der Waals surface area contributed by atoms with E-state index < -0.39 is 0 Å². The molecule has 0 bridgehead atoms. The molecule has 0 radical (unpaired) electrons. The van der Waals surface area contributed by atoms with E-state index in [-0.39, 0.29) is 0 Å². The third kappa shape index (κ3) is 4.12. The Bertz CT molecular complexity index is 219. The van der Waals surface area contributed by atoms with Crippen molar-refractivity contribution in [2.24, 2.45) is 4.99 Å². The van der Waals surface area contributed by atoms with Crippen LogP contribution >= 0.6 is 0 Å². The van der Waals surface area contributed by atoms with Crippen molar-refractivity contribution in [1.82, 2.24) is 0 Å². The quantitative estimate of drug-likeness (QED) is 0.565. The Morgan fingerprint density at radius 1 is 1.25 bits per heavy atom. The van der Waals surface area contributed by atoms with Crippen LogP contribution < -0.4 is 0 Å². The predicted octanol–water partition coefficient (Wildman–Crippen LogP) is 3.73. The predicted molar refractivity (Wildman–Crippen MR) is 56.6 cm³/mol. The van der Waals surface area contributed by atoms with Crippen molar-refractivity contribution in [1.29, 1.82) is 0 Å². The molecule has 0 aromatic rings. The van der Waals surface area contributed by atoms with E-state index in [0.29, 0.717) is 0 Å². The van der Waals surface area contributed by atoms with Gasteiger partial charge in [-0.15, -0.1) is 0 Å². The fourth-order valence-electron chi connectivity index (χ4n) is 0.639. The second-order valence-electron chi connectivity index (χ2n) is 3.01. The monoisotopic (exact) mass is 165 g/mol. The highest BCUT2D eigenvalue weighted by molar-refractivity contribution is 5.78. The lowest BCUT2D eigenvalue weighted by atomic mass is 10.2. The molecule has 0 rings (SSSR count). The summed E-state index contributed by atoms with van der Waals surface area (Å²) in [7, 11) is 0. The third-order valence-corrected chi connectivity index (χ3v) is 2.07. The standard InChI is InChI=1S/C11H19N/c1-6-9(3)8-12-11(5)10(4)7-2/h6,8H,7H2,1-5H3/b9-6-,11-10?,12-8?. The van der Waals surface area contributed by atoms with Gasteiger partial charge in [-0.2, -0.15) is 0 Å². The van der Waals surface area contributed by atoms with Gasteiger partial charge in [-0.05, 0) is 39.7 Å². The summed E-state index contributed by atoms with van der Waals surface area (Å²) in [6.45, 7) is 10.4. The summed E-state index contributed by atoms with van der Waals surface area (Å²) in [4.78, 5) is 4.35. The van der Waals surface area contributed by atoms with E-state index in [0.717, 1.165) is 12.1 Å². The van der Waals surface area contributed by atoms with Gasteiger partial charge < -0.3 is 0 Å². The summed E-state index contributed by atoms with van der Waals surface area (Å²) < 4.78 is 0. The molecule has 0 heterocycles. The Morgan fingerprint density at radius 2 is 1.83 bits per heavy atom. The maximum absolute atomic E-state index is 4.35. The van der Waals surface area contributed by atoms with Crippen LogP contribution in [-0.2, 0) is 0 Å². The van der Waals surface area contributed by atoms with Crippen LogP contribution in [0.1, 0.15) is 41.0 Å². The zero-order valence-electron chi connectivity index (χ0n) is 8.81. The smallest absolute Gasteiger partial charge is 0.0361 e. The van der Waals surface area contributed by atoms with E-state index in [9.17, 15) is 0 Å². The fraction of sp³-hybridized carbons (Fsp3) is 0.545. The molecule has 0 fully saturated rings. The lowest BCUT2D eigenvalue weighted by molar-refractivity contribution is 1.04. The van der Waals surface area contributed by atoms with Gasteiger partial charge in [0.25, 0.3) is 0 Å². The first-order chi connectivity index (χ1) is 5.61. The Balaban J connectivity index is 4.36. The Morgan fingerprint density at radius 3 is 2.25 bits per heavy atom. The minimum Gasteiger partial charge on any atom is -0.261 e. The van der Waals surface area contributed by atoms with Gasteiger partial charge in [0.2, 0.25) is 0 Å². The fourth-order valence-corrected chi connectivity index (χ4v) is 0.639. The van der Waals surface area contributed by atoms with Gasteiger partial charge in [-0.25, -0.2) is 0 Å². The zero-order valence-corrected chi connectivity index (χ0v) is 8.81. The van der Waals surface area contributed by atoms with Crippen LogP contribution in [0.15, 0.2) is 27.9 Å². The summed E-state index contributed by atoms with van der Waals surface area (Å²) in [5.74, 6) is 0. The van der Waals surface area contributed by atoms with E-state index in [2.05, 4.69) is 38.8 Å². The molecule has 0 atom stereocenters. The third-order valence-electron chi connectivity index (χ3n) is 2.07. The van der Waals surface area contributed by atoms with Crippen molar-refractivity contribution in [2.75, 3.05) is 0 Å². The second kappa shape index (κ2) is 5.76. The Labute approximate surface area is 75.9 Å². The normalized spacial score (nSPS) is 15.2. The van der Waals surface area contributed by atoms with Gasteiger partial charge in [-0.3, -0.25) is 4.99 Å². The maximum atomic E-state index is 4.35. The SMILES string of the molecule is C/C=C(/C)C=NC(C)=C(C)CC. The highest BCUT2D eigenvalue weighted by Gasteiger charge is 1.89. The molecule has 0 N–H and O–H groups in total. The summed E-state index contributed by atoms with van der Waals surface area (Å²) in [6.07, 6.45) is 5.05. The van der Waals surface area contributed by atoms with Gasteiger partial charge in [-0.1, -0.05) is 18.6 Å².